The fourth-order valence-electron chi connectivity index (χ4n) is 2.88. The third-order valence-corrected chi connectivity index (χ3v) is 4.42. The molecule has 0 spiro atoms. The molecule has 19 heavy (non-hydrogen) atoms. The van der Waals surface area contributed by atoms with Gasteiger partial charge in [0.1, 0.15) is 0 Å². The third-order valence-electron chi connectivity index (χ3n) is 4.42. The van der Waals surface area contributed by atoms with E-state index in [0.29, 0.717) is 12.5 Å². The molecule has 5 nitrogen and oxygen atoms in total. The summed E-state index contributed by atoms with van der Waals surface area (Å²) < 4.78 is 5.38. The van der Waals surface area contributed by atoms with Gasteiger partial charge in [0.2, 0.25) is 5.91 Å². The number of morpholine rings is 1. The van der Waals surface area contributed by atoms with Crippen molar-refractivity contribution in [2.75, 3.05) is 45.9 Å². The summed E-state index contributed by atoms with van der Waals surface area (Å²) in [4.78, 5) is 14.6. The highest BCUT2D eigenvalue weighted by Crippen LogP contribution is 2.18. The van der Waals surface area contributed by atoms with Crippen molar-refractivity contribution in [3.63, 3.8) is 0 Å². The Labute approximate surface area is 116 Å². The maximum atomic E-state index is 12.2. The first-order valence-electron chi connectivity index (χ1n) is 7.32. The van der Waals surface area contributed by atoms with Crippen LogP contribution >= 0.6 is 0 Å². The lowest BCUT2D eigenvalue weighted by Crippen LogP contribution is -2.56. The zero-order chi connectivity index (χ0) is 13.9. The molecule has 0 aromatic heterocycles. The summed E-state index contributed by atoms with van der Waals surface area (Å²) in [6, 6.07) is 0. The summed E-state index contributed by atoms with van der Waals surface area (Å²) >= 11 is 0. The first-order chi connectivity index (χ1) is 9.00. The van der Waals surface area contributed by atoms with Crippen LogP contribution in [0.2, 0.25) is 0 Å². The van der Waals surface area contributed by atoms with E-state index in [1.165, 1.54) is 0 Å². The molecule has 0 bridgehead atoms. The molecule has 2 aliphatic heterocycles. The fraction of sp³-hybridized carbons (Fsp3) is 0.929. The summed E-state index contributed by atoms with van der Waals surface area (Å²) in [5, 5.41) is 6.41. The molecule has 2 aliphatic rings. The maximum absolute atomic E-state index is 12.2. The summed E-state index contributed by atoms with van der Waals surface area (Å²) in [6.07, 6.45) is 0. The smallest absolute Gasteiger partial charge is 0.224 e. The average Bonchev–Trinajstić information content (AvgIpc) is 2.83. The van der Waals surface area contributed by atoms with E-state index in [1.54, 1.807) is 0 Å². The van der Waals surface area contributed by atoms with Crippen LogP contribution in [0, 0.1) is 11.8 Å². The van der Waals surface area contributed by atoms with Gasteiger partial charge in [-0.05, 0) is 26.3 Å². The quantitative estimate of drug-likeness (QED) is 0.758. The van der Waals surface area contributed by atoms with Crippen molar-refractivity contribution in [1.29, 1.82) is 0 Å². The minimum atomic E-state index is -0.00525. The number of amides is 1. The minimum absolute atomic E-state index is 0.00525. The van der Waals surface area contributed by atoms with E-state index in [1.807, 2.05) is 0 Å². The van der Waals surface area contributed by atoms with Gasteiger partial charge in [-0.1, -0.05) is 6.92 Å². The Bertz CT molecular complexity index is 314. The van der Waals surface area contributed by atoms with Gasteiger partial charge >= 0.3 is 0 Å². The first kappa shape index (κ1) is 14.8. The lowest BCUT2D eigenvalue weighted by molar-refractivity contribution is -0.126. The second kappa shape index (κ2) is 6.20. The SMILES string of the molecule is C[C@@H]1CNC[C@H]1C(=O)NCC(C)(C)N1CCOCC1. The molecule has 0 aliphatic carbocycles. The number of carbonyl (C=O) groups excluding carboxylic acids is 1. The largest absolute Gasteiger partial charge is 0.379 e. The Morgan fingerprint density at radius 3 is 2.63 bits per heavy atom. The van der Waals surface area contributed by atoms with Gasteiger partial charge in [0.25, 0.3) is 0 Å². The van der Waals surface area contributed by atoms with E-state index in [0.717, 1.165) is 39.4 Å². The van der Waals surface area contributed by atoms with Crippen molar-refractivity contribution in [3.05, 3.63) is 0 Å². The second-order valence-corrected chi connectivity index (χ2v) is 6.37. The van der Waals surface area contributed by atoms with Crippen LogP contribution in [-0.2, 0) is 9.53 Å². The van der Waals surface area contributed by atoms with Crippen LogP contribution in [0.3, 0.4) is 0 Å². The van der Waals surface area contributed by atoms with E-state index in [4.69, 9.17) is 4.74 Å². The van der Waals surface area contributed by atoms with Gasteiger partial charge in [-0.25, -0.2) is 0 Å². The standard InChI is InChI=1S/C14H27N3O2/c1-11-8-15-9-12(11)13(18)16-10-14(2,3)17-4-6-19-7-5-17/h11-12,15H,4-10H2,1-3H3,(H,16,18)/t11-,12-/m1/s1. The Balaban J connectivity index is 1.81. The summed E-state index contributed by atoms with van der Waals surface area (Å²) in [6.45, 7) is 12.5. The Hall–Kier alpha value is -0.650. The van der Waals surface area contributed by atoms with Gasteiger partial charge in [0.15, 0.2) is 0 Å². The van der Waals surface area contributed by atoms with E-state index in [2.05, 4.69) is 36.3 Å². The molecule has 1 amide bonds. The number of nitrogens with one attached hydrogen (secondary N) is 2. The highest BCUT2D eigenvalue weighted by Gasteiger charge is 2.32. The molecule has 2 atom stereocenters. The Kier molecular flexibility index (Phi) is 4.81. The fourth-order valence-corrected chi connectivity index (χ4v) is 2.88. The van der Waals surface area contributed by atoms with Crippen molar-refractivity contribution >= 4 is 5.91 Å². The van der Waals surface area contributed by atoms with Gasteiger partial charge in [0.05, 0.1) is 19.1 Å². The molecule has 2 rings (SSSR count). The van der Waals surface area contributed by atoms with Gasteiger partial charge in [-0.2, -0.15) is 0 Å². The molecule has 0 unspecified atom stereocenters. The summed E-state index contributed by atoms with van der Waals surface area (Å²) in [7, 11) is 0. The molecule has 0 saturated carbocycles. The average molecular weight is 269 g/mol. The molecule has 110 valence electrons. The van der Waals surface area contributed by atoms with Gasteiger partial charge in [-0.3, -0.25) is 9.69 Å². The van der Waals surface area contributed by atoms with E-state index >= 15 is 0 Å². The number of hydrogen-bond acceptors (Lipinski definition) is 4. The van der Waals surface area contributed by atoms with Gasteiger partial charge in [0, 0.05) is 31.7 Å². The number of carbonyl (C=O) groups is 1. The van der Waals surface area contributed by atoms with Crippen LogP contribution in [0.25, 0.3) is 0 Å². The van der Waals surface area contributed by atoms with Crippen LogP contribution in [0.15, 0.2) is 0 Å². The topological polar surface area (TPSA) is 53.6 Å². The number of ether oxygens (including phenoxy) is 1. The van der Waals surface area contributed by atoms with E-state index in [9.17, 15) is 4.79 Å². The first-order valence-corrected chi connectivity index (χ1v) is 7.32. The molecule has 2 heterocycles. The molecule has 2 saturated heterocycles. The van der Waals surface area contributed by atoms with Crippen LogP contribution < -0.4 is 10.6 Å². The molecule has 0 aromatic carbocycles. The summed E-state index contributed by atoms with van der Waals surface area (Å²) in [5.74, 6) is 0.755. The highest BCUT2D eigenvalue weighted by atomic mass is 16.5. The number of nitrogens with zero attached hydrogens (tertiary/aromatic N) is 1. The Morgan fingerprint density at radius 1 is 1.37 bits per heavy atom. The number of hydrogen-bond donors (Lipinski definition) is 2. The lowest BCUT2D eigenvalue weighted by Gasteiger charge is -2.41. The van der Waals surface area contributed by atoms with Crippen molar-refractivity contribution in [3.8, 4) is 0 Å². The monoisotopic (exact) mass is 269 g/mol. The molecule has 5 heteroatoms. The highest BCUT2D eigenvalue weighted by molar-refractivity contribution is 5.79. The van der Waals surface area contributed by atoms with E-state index < -0.39 is 0 Å². The second-order valence-electron chi connectivity index (χ2n) is 6.37. The number of rotatable bonds is 4. The zero-order valence-corrected chi connectivity index (χ0v) is 12.4. The van der Waals surface area contributed by atoms with E-state index in [-0.39, 0.29) is 17.4 Å². The Morgan fingerprint density at radius 2 is 2.05 bits per heavy atom. The van der Waals surface area contributed by atoms with Crippen LogP contribution in [0.5, 0.6) is 0 Å². The zero-order valence-electron chi connectivity index (χ0n) is 12.4. The summed E-state index contributed by atoms with van der Waals surface area (Å²) in [5.41, 5.74) is -0.00525. The maximum Gasteiger partial charge on any atom is 0.224 e. The van der Waals surface area contributed by atoms with Crippen LogP contribution in [-0.4, -0.2) is 62.3 Å². The predicted molar refractivity (Wildman–Crippen MR) is 75.0 cm³/mol. The molecule has 0 radical (unpaired) electrons. The normalized spacial score (nSPS) is 29.4. The molecule has 0 aromatic rings. The van der Waals surface area contributed by atoms with Crippen molar-refractivity contribution < 1.29 is 9.53 Å². The minimum Gasteiger partial charge on any atom is -0.379 e. The molecule has 2 N–H and O–H groups in total. The molecule has 2 fully saturated rings. The van der Waals surface area contributed by atoms with Gasteiger partial charge < -0.3 is 15.4 Å². The molecular formula is C14H27N3O2. The van der Waals surface area contributed by atoms with Crippen LogP contribution in [0.1, 0.15) is 20.8 Å². The van der Waals surface area contributed by atoms with Gasteiger partial charge in [-0.15, -0.1) is 0 Å². The lowest BCUT2D eigenvalue weighted by atomic mass is 9.96. The van der Waals surface area contributed by atoms with Crippen molar-refractivity contribution in [2.45, 2.75) is 26.3 Å². The predicted octanol–water partition coefficient (Wildman–Crippen LogP) is 0.0689. The van der Waals surface area contributed by atoms with Crippen LogP contribution in [0.4, 0.5) is 0 Å². The third kappa shape index (κ3) is 3.68. The van der Waals surface area contributed by atoms with Crippen molar-refractivity contribution in [2.24, 2.45) is 11.8 Å². The molecular weight excluding hydrogens is 242 g/mol. The van der Waals surface area contributed by atoms with Crippen molar-refractivity contribution in [1.82, 2.24) is 15.5 Å².